The van der Waals surface area contributed by atoms with Crippen LogP contribution in [0.15, 0.2) is 48.5 Å². The first-order valence-corrected chi connectivity index (χ1v) is 10.1. The molecular weight excluding hydrogens is 479 g/mol. The highest BCUT2D eigenvalue weighted by molar-refractivity contribution is 5.76. The summed E-state index contributed by atoms with van der Waals surface area (Å²) in [6.45, 7) is 4.36. The Labute approximate surface area is 196 Å². The summed E-state index contributed by atoms with van der Waals surface area (Å²) in [5.74, 6) is -1.27. The third-order valence-electron chi connectivity index (χ3n) is 4.81. The van der Waals surface area contributed by atoms with E-state index >= 15 is 0 Å². The first kappa shape index (κ1) is 25.8. The fourth-order valence-electron chi connectivity index (χ4n) is 2.98. The van der Waals surface area contributed by atoms with Gasteiger partial charge >= 0.3 is 12.3 Å². The lowest BCUT2D eigenvalue weighted by molar-refractivity contribution is -0.274. The average molecular weight is 500 g/mol. The Morgan fingerprint density at radius 3 is 2.17 bits per heavy atom. The maximum atomic E-state index is 13.8. The number of nitrogens with one attached hydrogen (secondary N) is 1. The molecule has 2 N–H and O–H groups in total. The van der Waals surface area contributed by atoms with Crippen molar-refractivity contribution < 1.29 is 46.1 Å². The average Bonchev–Trinajstić information content (AvgIpc) is 3.22. The van der Waals surface area contributed by atoms with Gasteiger partial charge in [-0.3, -0.25) is 5.10 Å². The van der Waals surface area contributed by atoms with Crippen LogP contribution in [0.5, 0.6) is 17.2 Å². The molecule has 7 nitrogen and oxygen atoms in total. The number of alkyl halides is 5. The number of hydrogen-bond donors (Lipinski definition) is 2. The zero-order valence-electron chi connectivity index (χ0n) is 18.7. The molecular formula is C23H21F5N2O5. The van der Waals surface area contributed by atoms with Gasteiger partial charge in [-0.2, -0.15) is 5.10 Å². The summed E-state index contributed by atoms with van der Waals surface area (Å²) in [6, 6.07) is 10.3. The van der Waals surface area contributed by atoms with E-state index in [-0.39, 0.29) is 22.9 Å². The van der Waals surface area contributed by atoms with Crippen LogP contribution in [0.25, 0.3) is 11.3 Å². The third-order valence-corrected chi connectivity index (χ3v) is 4.81. The lowest BCUT2D eigenvalue weighted by atomic mass is 10.1. The van der Waals surface area contributed by atoms with Crippen molar-refractivity contribution in [2.75, 3.05) is 0 Å². The van der Waals surface area contributed by atoms with Gasteiger partial charge in [0, 0.05) is 5.56 Å². The van der Waals surface area contributed by atoms with Crippen molar-refractivity contribution in [2.45, 2.75) is 45.3 Å². The molecule has 188 valence electrons. The summed E-state index contributed by atoms with van der Waals surface area (Å²) < 4.78 is 79.3. The van der Waals surface area contributed by atoms with E-state index in [2.05, 4.69) is 14.9 Å². The van der Waals surface area contributed by atoms with E-state index in [1.165, 1.54) is 50.2 Å². The molecule has 1 aromatic heterocycles. The Morgan fingerprint density at radius 1 is 1.00 bits per heavy atom. The molecule has 35 heavy (non-hydrogen) atoms. The number of aryl methyl sites for hydroxylation is 1. The van der Waals surface area contributed by atoms with E-state index in [1.54, 1.807) is 6.92 Å². The Hall–Kier alpha value is -3.83. The van der Waals surface area contributed by atoms with Crippen LogP contribution in [0.1, 0.15) is 31.2 Å². The number of aromatic nitrogens is 2. The highest BCUT2D eigenvalue weighted by Crippen LogP contribution is 2.33. The fourth-order valence-corrected chi connectivity index (χ4v) is 2.98. The molecule has 2 aromatic carbocycles. The SMILES string of the molecule is Cc1cc(OC(c2cc(-c3ccc(OC(F)(F)F)cc3)n[nH]2)C(F)F)ccc1OC(C)(C)C(=O)O. The molecule has 0 bridgehead atoms. The minimum absolute atomic E-state index is 0.0596. The van der Waals surface area contributed by atoms with E-state index in [4.69, 9.17) is 9.47 Å². The first-order valence-electron chi connectivity index (χ1n) is 10.1. The van der Waals surface area contributed by atoms with Crippen LogP contribution >= 0.6 is 0 Å². The van der Waals surface area contributed by atoms with Crippen LogP contribution in [0.4, 0.5) is 22.0 Å². The van der Waals surface area contributed by atoms with Crippen LogP contribution in [0, 0.1) is 6.92 Å². The summed E-state index contributed by atoms with van der Waals surface area (Å²) in [5.41, 5.74) is -0.508. The second kappa shape index (κ2) is 9.80. The molecule has 0 saturated carbocycles. The van der Waals surface area contributed by atoms with Gasteiger partial charge in [0.05, 0.1) is 11.4 Å². The first-order chi connectivity index (χ1) is 16.2. The minimum Gasteiger partial charge on any atom is -0.478 e. The lowest BCUT2D eigenvalue weighted by Crippen LogP contribution is -2.38. The standard InChI is InChI=1S/C23H21F5N2O5/c1-12-10-15(8-9-18(12)35-22(2,3)21(31)32)33-19(20(24)25)17-11-16(29-30-17)13-4-6-14(7-5-13)34-23(26,27)28/h4-11,19-20H,1-3H3,(H,29,30)(H,31,32). The van der Waals surface area contributed by atoms with Gasteiger partial charge < -0.3 is 19.3 Å². The molecule has 0 spiro atoms. The number of benzene rings is 2. The minimum atomic E-state index is -4.84. The molecule has 0 fully saturated rings. The summed E-state index contributed by atoms with van der Waals surface area (Å²) in [5, 5.41) is 15.6. The van der Waals surface area contributed by atoms with Gasteiger partial charge in [0.25, 0.3) is 6.43 Å². The number of rotatable bonds is 9. The molecule has 0 aliphatic carbocycles. The van der Waals surface area contributed by atoms with Crippen molar-refractivity contribution in [3.05, 3.63) is 59.8 Å². The van der Waals surface area contributed by atoms with E-state index in [9.17, 15) is 31.9 Å². The number of nitrogens with zero attached hydrogens (tertiary/aromatic N) is 1. The van der Waals surface area contributed by atoms with Crippen molar-refractivity contribution in [2.24, 2.45) is 0 Å². The van der Waals surface area contributed by atoms with Crippen molar-refractivity contribution in [3.8, 4) is 28.5 Å². The van der Waals surface area contributed by atoms with E-state index in [0.29, 0.717) is 11.1 Å². The molecule has 12 heteroatoms. The number of H-pyrrole nitrogens is 1. The quantitative estimate of drug-likeness (QED) is 0.355. The number of aliphatic carboxylic acids is 1. The van der Waals surface area contributed by atoms with Gasteiger partial charge in [-0.1, -0.05) is 0 Å². The predicted molar refractivity (Wildman–Crippen MR) is 114 cm³/mol. The van der Waals surface area contributed by atoms with Gasteiger partial charge in [0.2, 0.25) is 6.10 Å². The van der Waals surface area contributed by atoms with Gasteiger partial charge in [0.1, 0.15) is 17.2 Å². The lowest BCUT2D eigenvalue weighted by Gasteiger charge is -2.23. The van der Waals surface area contributed by atoms with Gasteiger partial charge in [-0.05, 0) is 74.9 Å². The smallest absolute Gasteiger partial charge is 0.478 e. The van der Waals surface area contributed by atoms with E-state index in [1.807, 2.05) is 0 Å². The molecule has 0 amide bonds. The Kier molecular flexibility index (Phi) is 7.22. The van der Waals surface area contributed by atoms with Gasteiger partial charge in [-0.15, -0.1) is 13.2 Å². The van der Waals surface area contributed by atoms with Crippen molar-refractivity contribution in [1.82, 2.24) is 10.2 Å². The second-order valence-electron chi connectivity index (χ2n) is 8.00. The summed E-state index contributed by atoms with van der Waals surface area (Å²) in [4.78, 5) is 11.3. The van der Waals surface area contributed by atoms with Crippen molar-refractivity contribution >= 4 is 5.97 Å². The maximum Gasteiger partial charge on any atom is 0.573 e. The van der Waals surface area contributed by atoms with Crippen molar-refractivity contribution in [1.29, 1.82) is 0 Å². The molecule has 3 rings (SSSR count). The second-order valence-corrected chi connectivity index (χ2v) is 8.00. The predicted octanol–water partition coefficient (Wildman–Crippen LogP) is 5.91. The van der Waals surface area contributed by atoms with E-state index < -0.39 is 36.2 Å². The molecule has 1 atom stereocenters. The van der Waals surface area contributed by atoms with Crippen LogP contribution in [-0.4, -0.2) is 39.7 Å². The maximum absolute atomic E-state index is 13.8. The fraction of sp³-hybridized carbons (Fsp3) is 0.304. The molecule has 1 unspecified atom stereocenters. The van der Waals surface area contributed by atoms with Crippen LogP contribution in [0.2, 0.25) is 0 Å². The molecule has 0 aliphatic rings. The summed E-state index contributed by atoms with van der Waals surface area (Å²) in [7, 11) is 0. The normalized spacial score (nSPS) is 12.9. The van der Waals surface area contributed by atoms with E-state index in [0.717, 1.165) is 12.1 Å². The molecule has 0 radical (unpaired) electrons. The summed E-state index contributed by atoms with van der Waals surface area (Å²) in [6.07, 6.45) is -9.52. The topological polar surface area (TPSA) is 93.7 Å². The zero-order valence-corrected chi connectivity index (χ0v) is 18.7. The number of hydrogen-bond acceptors (Lipinski definition) is 5. The van der Waals surface area contributed by atoms with Gasteiger partial charge in [0.15, 0.2) is 5.60 Å². The Balaban J connectivity index is 1.77. The largest absolute Gasteiger partial charge is 0.573 e. The molecule has 0 aliphatic heterocycles. The number of ether oxygens (including phenoxy) is 3. The van der Waals surface area contributed by atoms with Crippen molar-refractivity contribution in [3.63, 3.8) is 0 Å². The number of carboxylic acid groups (broad SMARTS) is 1. The van der Waals surface area contributed by atoms with Crippen LogP contribution in [-0.2, 0) is 4.79 Å². The molecule has 0 saturated heterocycles. The Morgan fingerprint density at radius 2 is 1.63 bits per heavy atom. The number of carbonyl (C=O) groups is 1. The van der Waals surface area contributed by atoms with Crippen LogP contribution in [0.3, 0.4) is 0 Å². The number of carboxylic acids is 1. The monoisotopic (exact) mass is 500 g/mol. The number of aromatic amines is 1. The third kappa shape index (κ3) is 6.61. The van der Waals surface area contributed by atoms with Crippen LogP contribution < -0.4 is 14.2 Å². The highest BCUT2D eigenvalue weighted by Gasteiger charge is 2.32. The van der Waals surface area contributed by atoms with Gasteiger partial charge in [-0.25, -0.2) is 13.6 Å². The molecule has 3 aromatic rings. The summed E-state index contributed by atoms with van der Waals surface area (Å²) >= 11 is 0. The Bertz CT molecular complexity index is 1180. The number of halogens is 5. The zero-order chi connectivity index (χ0) is 26.0. The highest BCUT2D eigenvalue weighted by atomic mass is 19.4. The molecule has 1 heterocycles.